The average molecular weight is 267 g/mol. The Morgan fingerprint density at radius 2 is 1.95 bits per heavy atom. The average Bonchev–Trinajstić information content (AvgIpc) is 2.38. The quantitative estimate of drug-likeness (QED) is 0.711. The minimum absolute atomic E-state index is 0.112. The van der Waals surface area contributed by atoms with E-state index in [0.717, 1.165) is 6.54 Å². The highest BCUT2D eigenvalue weighted by Crippen LogP contribution is 2.13. The molecule has 0 aromatic heterocycles. The van der Waals surface area contributed by atoms with Crippen LogP contribution in [0.25, 0.3) is 0 Å². The van der Waals surface area contributed by atoms with Gasteiger partial charge in [0.25, 0.3) is 0 Å². The Balaban J connectivity index is 2.61. The highest BCUT2D eigenvalue weighted by Gasteiger charge is 2.20. The molecule has 4 heteroatoms. The van der Waals surface area contributed by atoms with Crippen LogP contribution >= 0.6 is 0 Å². The zero-order valence-corrected chi connectivity index (χ0v) is 12.0. The fraction of sp³-hybridized carbons (Fsp3) is 0.533. The number of hydrogen-bond acceptors (Lipinski definition) is 3. The van der Waals surface area contributed by atoms with Gasteiger partial charge in [-0.05, 0) is 26.1 Å². The lowest BCUT2D eigenvalue weighted by Crippen LogP contribution is -2.34. The van der Waals surface area contributed by atoms with Gasteiger partial charge in [0.1, 0.15) is 5.82 Å². The van der Waals surface area contributed by atoms with Gasteiger partial charge in [0.15, 0.2) is 5.78 Å². The van der Waals surface area contributed by atoms with Gasteiger partial charge in [-0.25, -0.2) is 4.39 Å². The molecule has 0 fully saturated rings. The molecule has 0 heterocycles. The fourth-order valence-corrected chi connectivity index (χ4v) is 2.06. The van der Waals surface area contributed by atoms with Crippen LogP contribution in [0.4, 0.5) is 4.39 Å². The van der Waals surface area contributed by atoms with Gasteiger partial charge in [-0.2, -0.15) is 0 Å². The first-order valence-corrected chi connectivity index (χ1v) is 6.45. The predicted octanol–water partition coefficient (Wildman–Crippen LogP) is 2.61. The Hall–Kier alpha value is -1.26. The first-order valence-electron chi connectivity index (χ1n) is 6.45. The van der Waals surface area contributed by atoms with Crippen molar-refractivity contribution in [2.45, 2.75) is 20.0 Å². The maximum Gasteiger partial charge on any atom is 0.169 e. The van der Waals surface area contributed by atoms with E-state index in [0.29, 0.717) is 6.54 Å². The molecule has 0 saturated carbocycles. The molecule has 0 radical (unpaired) electrons. The van der Waals surface area contributed by atoms with E-state index in [2.05, 4.69) is 0 Å². The summed E-state index contributed by atoms with van der Waals surface area (Å²) in [5.41, 5.74) is 0.170. The van der Waals surface area contributed by atoms with Crippen molar-refractivity contribution in [2.24, 2.45) is 5.92 Å². The molecule has 0 amide bonds. The van der Waals surface area contributed by atoms with Crippen LogP contribution < -0.4 is 0 Å². The third kappa shape index (κ3) is 4.73. The molecule has 0 bridgehead atoms. The van der Waals surface area contributed by atoms with Crippen LogP contribution in [0.3, 0.4) is 0 Å². The number of likely N-dealkylation sites (N-methyl/N-ethyl adjacent to an activating group) is 1. The molecule has 2 unspecified atom stereocenters. The third-order valence-corrected chi connectivity index (χ3v) is 3.14. The molecule has 1 aromatic rings. The molecule has 1 aromatic carbocycles. The summed E-state index contributed by atoms with van der Waals surface area (Å²) >= 11 is 0. The van der Waals surface area contributed by atoms with Gasteiger partial charge in [0.05, 0.1) is 11.7 Å². The summed E-state index contributed by atoms with van der Waals surface area (Å²) < 4.78 is 18.7. The normalized spacial score (nSPS) is 14.4. The van der Waals surface area contributed by atoms with Crippen LogP contribution in [0.5, 0.6) is 0 Å². The van der Waals surface area contributed by atoms with E-state index in [4.69, 9.17) is 4.74 Å². The maximum absolute atomic E-state index is 13.5. The molecule has 19 heavy (non-hydrogen) atoms. The number of Topliss-reactive ketones (excluding diaryl/α,β-unsaturated/α-hetero) is 1. The van der Waals surface area contributed by atoms with Gasteiger partial charge in [-0.1, -0.05) is 19.1 Å². The van der Waals surface area contributed by atoms with Crippen LogP contribution in [-0.2, 0) is 4.74 Å². The van der Waals surface area contributed by atoms with Crippen LogP contribution in [0.15, 0.2) is 24.3 Å². The molecule has 106 valence electrons. The number of ketones is 1. The lowest BCUT2D eigenvalue weighted by Gasteiger charge is -2.23. The zero-order chi connectivity index (χ0) is 14.4. The standard InChI is InChI=1S/C15H22FNO2/c1-11(9-17(3)10-12(2)19-4)15(18)13-7-5-6-8-14(13)16/h5-8,11-12H,9-10H2,1-4H3. The maximum atomic E-state index is 13.5. The molecule has 3 nitrogen and oxygen atoms in total. The van der Waals surface area contributed by atoms with Gasteiger partial charge in [0, 0.05) is 26.1 Å². The fourth-order valence-electron chi connectivity index (χ4n) is 2.06. The molecule has 2 atom stereocenters. The number of carbonyl (C=O) groups is 1. The second-order valence-electron chi connectivity index (χ2n) is 5.01. The van der Waals surface area contributed by atoms with Crippen molar-refractivity contribution >= 4 is 5.78 Å². The van der Waals surface area contributed by atoms with Crippen molar-refractivity contribution in [1.82, 2.24) is 4.90 Å². The van der Waals surface area contributed by atoms with E-state index in [9.17, 15) is 9.18 Å². The number of halogens is 1. The Morgan fingerprint density at radius 3 is 2.53 bits per heavy atom. The van der Waals surface area contributed by atoms with Crippen LogP contribution in [0.1, 0.15) is 24.2 Å². The molecule has 0 saturated heterocycles. The summed E-state index contributed by atoms with van der Waals surface area (Å²) in [5, 5.41) is 0. The smallest absolute Gasteiger partial charge is 0.169 e. The summed E-state index contributed by atoms with van der Waals surface area (Å²) in [6, 6.07) is 6.12. The molecule has 0 aliphatic heterocycles. The van der Waals surface area contributed by atoms with Crippen molar-refractivity contribution in [1.29, 1.82) is 0 Å². The summed E-state index contributed by atoms with van der Waals surface area (Å²) in [7, 11) is 3.59. The SMILES string of the molecule is COC(C)CN(C)CC(C)C(=O)c1ccccc1F. The number of benzene rings is 1. The minimum atomic E-state index is -0.452. The van der Waals surface area contributed by atoms with Crippen LogP contribution in [0, 0.1) is 11.7 Å². The number of ether oxygens (including phenoxy) is 1. The molecular weight excluding hydrogens is 245 g/mol. The second-order valence-corrected chi connectivity index (χ2v) is 5.01. The second kappa shape index (κ2) is 7.36. The Bertz CT molecular complexity index is 422. The number of methoxy groups -OCH3 is 1. The first-order chi connectivity index (χ1) is 8.95. The molecule has 0 N–H and O–H groups in total. The van der Waals surface area contributed by atoms with E-state index in [1.54, 1.807) is 19.2 Å². The monoisotopic (exact) mass is 267 g/mol. The van der Waals surface area contributed by atoms with Gasteiger partial charge < -0.3 is 9.64 Å². The minimum Gasteiger partial charge on any atom is -0.380 e. The van der Waals surface area contributed by atoms with E-state index in [-0.39, 0.29) is 23.4 Å². The van der Waals surface area contributed by atoms with Crippen LogP contribution in [0.2, 0.25) is 0 Å². The van der Waals surface area contributed by atoms with Crippen LogP contribution in [-0.4, -0.2) is 44.0 Å². The number of rotatable bonds is 7. The highest BCUT2D eigenvalue weighted by molar-refractivity contribution is 5.98. The van der Waals surface area contributed by atoms with Crippen molar-refractivity contribution in [3.8, 4) is 0 Å². The summed E-state index contributed by atoms with van der Waals surface area (Å²) in [6.07, 6.45) is 0.112. The van der Waals surface area contributed by atoms with Gasteiger partial charge in [-0.3, -0.25) is 4.79 Å². The molecule has 0 aliphatic carbocycles. The van der Waals surface area contributed by atoms with Crippen molar-refractivity contribution in [2.75, 3.05) is 27.2 Å². The molecule has 0 aliphatic rings. The summed E-state index contributed by atoms with van der Waals surface area (Å²) in [4.78, 5) is 14.2. The topological polar surface area (TPSA) is 29.5 Å². The first kappa shape index (κ1) is 15.8. The van der Waals surface area contributed by atoms with Gasteiger partial charge >= 0.3 is 0 Å². The van der Waals surface area contributed by atoms with E-state index < -0.39 is 5.82 Å². The van der Waals surface area contributed by atoms with Crippen molar-refractivity contribution in [3.63, 3.8) is 0 Å². The highest BCUT2D eigenvalue weighted by atomic mass is 19.1. The summed E-state index contributed by atoms with van der Waals surface area (Å²) in [5.74, 6) is -0.853. The molecule has 0 spiro atoms. The Morgan fingerprint density at radius 1 is 1.32 bits per heavy atom. The number of carbonyl (C=O) groups excluding carboxylic acids is 1. The summed E-state index contributed by atoms with van der Waals surface area (Å²) in [6.45, 7) is 5.12. The largest absolute Gasteiger partial charge is 0.380 e. The lowest BCUT2D eigenvalue weighted by atomic mass is 9.98. The van der Waals surface area contributed by atoms with Crippen molar-refractivity contribution < 1.29 is 13.9 Å². The Labute approximate surface area is 114 Å². The van der Waals surface area contributed by atoms with Gasteiger partial charge in [0.2, 0.25) is 0 Å². The zero-order valence-electron chi connectivity index (χ0n) is 12.0. The predicted molar refractivity (Wildman–Crippen MR) is 73.9 cm³/mol. The molecular formula is C15H22FNO2. The number of nitrogens with zero attached hydrogens (tertiary/aromatic N) is 1. The number of hydrogen-bond donors (Lipinski definition) is 0. The van der Waals surface area contributed by atoms with E-state index >= 15 is 0 Å². The Kier molecular flexibility index (Phi) is 6.12. The van der Waals surface area contributed by atoms with Gasteiger partial charge in [-0.15, -0.1) is 0 Å². The molecule has 1 rings (SSSR count). The van der Waals surface area contributed by atoms with E-state index in [1.165, 1.54) is 12.1 Å². The third-order valence-electron chi connectivity index (χ3n) is 3.14. The lowest BCUT2D eigenvalue weighted by molar-refractivity contribution is 0.0742. The van der Waals surface area contributed by atoms with E-state index in [1.807, 2.05) is 25.8 Å². The van der Waals surface area contributed by atoms with Crippen molar-refractivity contribution in [3.05, 3.63) is 35.6 Å².